The Bertz CT molecular complexity index is 793. The van der Waals surface area contributed by atoms with E-state index in [2.05, 4.69) is 0 Å². The topological polar surface area (TPSA) is 124 Å². The zero-order valence-corrected chi connectivity index (χ0v) is 11.0. The highest BCUT2D eigenvalue weighted by molar-refractivity contribution is 6.47. The molecule has 0 saturated carbocycles. The number of phenolic OH excluding ortho intramolecular Hbond substituents is 4. The molecule has 4 N–H and O–H groups in total. The number of phenols is 4. The third-order valence-corrected chi connectivity index (χ3v) is 3.35. The SMILES string of the molecule is O=C1C(=O)C(c2ccc(O)cc2)Oc2cc(O)c(O)c(O)c21. The van der Waals surface area contributed by atoms with Crippen molar-refractivity contribution in [3.8, 4) is 28.7 Å². The molecule has 2 aromatic rings. The molecule has 0 saturated heterocycles. The average Bonchev–Trinajstić information content (AvgIpc) is 2.49. The predicted octanol–water partition coefficient (Wildman–Crippen LogP) is 1.39. The number of fused-ring (bicyclic) bond motifs is 1. The minimum atomic E-state index is -1.26. The van der Waals surface area contributed by atoms with Crippen LogP contribution in [0.5, 0.6) is 28.7 Å². The zero-order valence-electron chi connectivity index (χ0n) is 11.0. The van der Waals surface area contributed by atoms with E-state index in [4.69, 9.17) is 4.74 Å². The molecule has 0 aliphatic carbocycles. The van der Waals surface area contributed by atoms with Crippen molar-refractivity contribution in [2.75, 3.05) is 0 Å². The summed E-state index contributed by atoms with van der Waals surface area (Å²) in [4.78, 5) is 24.2. The van der Waals surface area contributed by atoms with Crippen molar-refractivity contribution < 1.29 is 34.8 Å². The number of benzene rings is 2. The third kappa shape index (κ3) is 1.91. The molecule has 7 nitrogen and oxygen atoms in total. The van der Waals surface area contributed by atoms with E-state index in [0.717, 1.165) is 6.07 Å². The van der Waals surface area contributed by atoms with Gasteiger partial charge in [-0.05, 0) is 12.1 Å². The fourth-order valence-electron chi connectivity index (χ4n) is 2.22. The summed E-state index contributed by atoms with van der Waals surface area (Å²) in [6.45, 7) is 0. The van der Waals surface area contributed by atoms with E-state index in [1.807, 2.05) is 0 Å². The van der Waals surface area contributed by atoms with Crippen LogP contribution in [0.15, 0.2) is 30.3 Å². The van der Waals surface area contributed by atoms with Gasteiger partial charge in [0, 0.05) is 11.6 Å². The van der Waals surface area contributed by atoms with Gasteiger partial charge in [0.25, 0.3) is 0 Å². The maximum absolute atomic E-state index is 12.1. The Labute approximate surface area is 123 Å². The Kier molecular flexibility index (Phi) is 2.91. The zero-order chi connectivity index (χ0) is 16.0. The fraction of sp³-hybridized carbons (Fsp3) is 0.0667. The normalized spacial score (nSPS) is 17.0. The molecule has 3 rings (SSSR count). The highest BCUT2D eigenvalue weighted by Crippen LogP contribution is 2.46. The third-order valence-electron chi connectivity index (χ3n) is 3.35. The Hall–Kier alpha value is -3.22. The van der Waals surface area contributed by atoms with E-state index in [-0.39, 0.29) is 11.5 Å². The molecule has 1 unspecified atom stereocenters. The molecule has 1 heterocycles. The minimum absolute atomic E-state index is 0.0149. The van der Waals surface area contributed by atoms with Crippen LogP contribution in [0.1, 0.15) is 22.0 Å². The van der Waals surface area contributed by atoms with Crippen LogP contribution >= 0.6 is 0 Å². The van der Waals surface area contributed by atoms with Gasteiger partial charge in [0.15, 0.2) is 17.6 Å². The molecule has 0 radical (unpaired) electrons. The molecule has 1 atom stereocenters. The smallest absolute Gasteiger partial charge is 0.248 e. The van der Waals surface area contributed by atoms with E-state index in [9.17, 15) is 30.0 Å². The molecule has 22 heavy (non-hydrogen) atoms. The van der Waals surface area contributed by atoms with Crippen LogP contribution in [0, 0.1) is 0 Å². The summed E-state index contributed by atoms with van der Waals surface area (Å²) in [5.41, 5.74) is -0.163. The van der Waals surface area contributed by atoms with Crippen molar-refractivity contribution in [2.24, 2.45) is 0 Å². The number of carbonyl (C=O) groups excluding carboxylic acids is 2. The van der Waals surface area contributed by atoms with Crippen LogP contribution in [-0.2, 0) is 4.79 Å². The molecule has 0 spiro atoms. The van der Waals surface area contributed by atoms with Crippen molar-refractivity contribution >= 4 is 11.6 Å². The van der Waals surface area contributed by atoms with Crippen molar-refractivity contribution in [3.05, 3.63) is 41.5 Å². The molecule has 1 aliphatic rings. The van der Waals surface area contributed by atoms with Crippen LogP contribution in [0.4, 0.5) is 0 Å². The van der Waals surface area contributed by atoms with Gasteiger partial charge in [-0.1, -0.05) is 12.1 Å². The van der Waals surface area contributed by atoms with Gasteiger partial charge < -0.3 is 25.2 Å². The van der Waals surface area contributed by atoms with Crippen molar-refractivity contribution in [3.63, 3.8) is 0 Å². The first-order chi connectivity index (χ1) is 10.4. The van der Waals surface area contributed by atoms with E-state index in [0.29, 0.717) is 5.56 Å². The molecule has 0 fully saturated rings. The molecular formula is C15H10O7. The summed E-state index contributed by atoms with van der Waals surface area (Å²) in [6.07, 6.45) is -1.26. The van der Waals surface area contributed by atoms with Crippen LogP contribution in [-0.4, -0.2) is 32.0 Å². The molecule has 7 heteroatoms. The number of ketones is 2. The lowest BCUT2D eigenvalue weighted by atomic mass is 9.94. The average molecular weight is 302 g/mol. The van der Waals surface area contributed by atoms with Crippen LogP contribution < -0.4 is 4.74 Å². The van der Waals surface area contributed by atoms with Crippen LogP contribution in [0.25, 0.3) is 0 Å². The summed E-state index contributed by atoms with van der Waals surface area (Å²) in [6, 6.07) is 6.43. The highest BCUT2D eigenvalue weighted by atomic mass is 16.5. The number of rotatable bonds is 1. The second kappa shape index (κ2) is 4.66. The second-order valence-electron chi connectivity index (χ2n) is 4.75. The van der Waals surface area contributed by atoms with E-state index >= 15 is 0 Å². The second-order valence-corrected chi connectivity index (χ2v) is 4.75. The highest BCUT2D eigenvalue weighted by Gasteiger charge is 2.40. The van der Waals surface area contributed by atoms with Gasteiger partial charge >= 0.3 is 0 Å². The van der Waals surface area contributed by atoms with Crippen molar-refractivity contribution in [2.45, 2.75) is 6.10 Å². The van der Waals surface area contributed by atoms with E-state index < -0.39 is 40.5 Å². The lowest BCUT2D eigenvalue weighted by Gasteiger charge is -2.25. The molecule has 0 amide bonds. The predicted molar refractivity (Wildman–Crippen MR) is 72.2 cm³/mol. The lowest BCUT2D eigenvalue weighted by molar-refractivity contribution is -0.122. The molecule has 0 bridgehead atoms. The Morgan fingerprint density at radius 2 is 1.55 bits per heavy atom. The maximum Gasteiger partial charge on any atom is 0.248 e. The van der Waals surface area contributed by atoms with Crippen LogP contribution in [0.2, 0.25) is 0 Å². The van der Waals surface area contributed by atoms with Gasteiger partial charge in [0.1, 0.15) is 17.1 Å². The van der Waals surface area contributed by atoms with Gasteiger partial charge in [0.2, 0.25) is 17.3 Å². The number of ether oxygens (including phenoxy) is 1. The summed E-state index contributed by atoms with van der Waals surface area (Å²) in [7, 11) is 0. The maximum atomic E-state index is 12.1. The lowest BCUT2D eigenvalue weighted by Crippen LogP contribution is -2.31. The molecule has 0 aromatic heterocycles. The van der Waals surface area contributed by atoms with Gasteiger partial charge in [0.05, 0.1) is 0 Å². The van der Waals surface area contributed by atoms with Crippen LogP contribution in [0.3, 0.4) is 0 Å². The van der Waals surface area contributed by atoms with E-state index in [1.54, 1.807) is 0 Å². The van der Waals surface area contributed by atoms with Crippen molar-refractivity contribution in [1.29, 1.82) is 0 Å². The number of hydrogen-bond acceptors (Lipinski definition) is 7. The molecular weight excluding hydrogens is 292 g/mol. The number of Topliss-reactive ketones (excluding diaryl/α,β-unsaturated/α-hetero) is 2. The van der Waals surface area contributed by atoms with Gasteiger partial charge in [-0.2, -0.15) is 0 Å². The van der Waals surface area contributed by atoms with Gasteiger partial charge in [-0.15, -0.1) is 0 Å². The number of hydrogen-bond donors (Lipinski definition) is 4. The van der Waals surface area contributed by atoms with E-state index in [1.165, 1.54) is 24.3 Å². The standard InChI is InChI=1S/C15H10O7/c16-7-3-1-6(2-4-7)15-14(21)13(20)10-9(22-15)5-8(17)11(18)12(10)19/h1-5,15-19H. The van der Waals surface area contributed by atoms with Crippen molar-refractivity contribution in [1.82, 2.24) is 0 Å². The Balaban J connectivity index is 2.12. The Morgan fingerprint density at radius 3 is 2.18 bits per heavy atom. The first-order valence-electron chi connectivity index (χ1n) is 6.22. The molecule has 2 aromatic carbocycles. The number of carbonyl (C=O) groups is 2. The molecule has 1 aliphatic heterocycles. The quantitative estimate of drug-likeness (QED) is 0.463. The summed E-state index contributed by atoms with van der Waals surface area (Å²) < 4.78 is 5.37. The van der Waals surface area contributed by atoms with Gasteiger partial charge in [-0.3, -0.25) is 9.59 Å². The largest absolute Gasteiger partial charge is 0.508 e. The summed E-state index contributed by atoms with van der Waals surface area (Å²) in [5, 5.41) is 37.9. The van der Waals surface area contributed by atoms with Gasteiger partial charge in [-0.25, -0.2) is 0 Å². The monoisotopic (exact) mass is 302 g/mol. The fourth-order valence-corrected chi connectivity index (χ4v) is 2.22. The number of aromatic hydroxyl groups is 4. The summed E-state index contributed by atoms with van der Waals surface area (Å²) in [5.74, 6) is -4.67. The first-order valence-corrected chi connectivity index (χ1v) is 6.22. The summed E-state index contributed by atoms with van der Waals surface area (Å²) >= 11 is 0. The molecule has 112 valence electrons. The first kappa shape index (κ1) is 13.7. The Morgan fingerprint density at radius 1 is 0.909 bits per heavy atom. The minimum Gasteiger partial charge on any atom is -0.508 e.